The van der Waals surface area contributed by atoms with Crippen LogP contribution in [0.1, 0.15) is 22.1 Å². The van der Waals surface area contributed by atoms with Gasteiger partial charge in [-0.05, 0) is 30.0 Å². The van der Waals surface area contributed by atoms with Gasteiger partial charge < -0.3 is 5.11 Å². The molecule has 80 valence electrons. The number of rotatable bonds is 2. The molecule has 0 amide bonds. The summed E-state index contributed by atoms with van der Waals surface area (Å²) in [7, 11) is 0. The summed E-state index contributed by atoms with van der Waals surface area (Å²) in [6.07, 6.45) is -0.675. The van der Waals surface area contributed by atoms with Gasteiger partial charge in [0.25, 0.3) is 0 Å². The molecule has 1 unspecified atom stereocenters. The second-order valence-corrected chi connectivity index (χ2v) is 6.57. The molecule has 0 radical (unpaired) electrons. The quantitative estimate of drug-likeness (QED) is 0.857. The second-order valence-electron chi connectivity index (χ2n) is 3.17. The predicted octanol–water partition coefficient (Wildman–Crippen LogP) is 4.51. The minimum Gasteiger partial charge on any atom is -0.384 e. The molecule has 0 aromatic carbocycles. The first-order valence-corrected chi connectivity index (χ1v) is 6.71. The van der Waals surface area contributed by atoms with Crippen LogP contribution < -0.4 is 0 Å². The summed E-state index contributed by atoms with van der Waals surface area (Å²) in [5.41, 5.74) is 1.55. The van der Waals surface area contributed by atoms with E-state index >= 15 is 0 Å². The summed E-state index contributed by atoms with van der Waals surface area (Å²) in [6, 6.07) is 3.67. The smallest absolute Gasteiger partial charge is 0.107 e. The highest BCUT2D eigenvalue weighted by molar-refractivity contribution is 7.20. The maximum absolute atomic E-state index is 10.1. The van der Waals surface area contributed by atoms with E-state index in [4.69, 9.17) is 23.2 Å². The molecular formula is C10H8Cl2OS2. The van der Waals surface area contributed by atoms with Crippen LogP contribution in [0.25, 0.3) is 0 Å². The van der Waals surface area contributed by atoms with E-state index in [1.54, 1.807) is 17.4 Å². The molecule has 0 aliphatic rings. The largest absolute Gasteiger partial charge is 0.384 e. The van der Waals surface area contributed by atoms with Crippen molar-refractivity contribution in [1.82, 2.24) is 0 Å². The summed E-state index contributed by atoms with van der Waals surface area (Å²) >= 11 is 14.7. The van der Waals surface area contributed by atoms with Gasteiger partial charge in [0.2, 0.25) is 0 Å². The number of hydrogen-bond donors (Lipinski definition) is 1. The molecule has 0 aliphatic carbocycles. The topological polar surface area (TPSA) is 20.2 Å². The highest BCUT2D eigenvalue weighted by Crippen LogP contribution is 2.38. The van der Waals surface area contributed by atoms with Crippen LogP contribution in [-0.2, 0) is 0 Å². The van der Waals surface area contributed by atoms with Crippen LogP contribution in [0.15, 0.2) is 17.5 Å². The van der Waals surface area contributed by atoms with Gasteiger partial charge in [-0.15, -0.1) is 22.7 Å². The Morgan fingerprint density at radius 1 is 1.33 bits per heavy atom. The zero-order valence-electron chi connectivity index (χ0n) is 7.83. The molecule has 0 bridgehead atoms. The number of thiophene rings is 2. The Labute approximate surface area is 106 Å². The number of aliphatic hydroxyl groups is 1. The van der Waals surface area contributed by atoms with Gasteiger partial charge in [0, 0.05) is 10.4 Å². The zero-order chi connectivity index (χ0) is 11.0. The number of aryl methyl sites for hydroxylation is 1. The van der Waals surface area contributed by atoms with Crippen LogP contribution in [-0.4, -0.2) is 5.11 Å². The molecule has 1 nitrogen and oxygen atoms in total. The molecule has 2 aromatic heterocycles. The van der Waals surface area contributed by atoms with Crippen molar-refractivity contribution >= 4 is 45.9 Å². The average Bonchev–Trinajstić information content (AvgIpc) is 2.71. The van der Waals surface area contributed by atoms with Gasteiger partial charge >= 0.3 is 0 Å². The van der Waals surface area contributed by atoms with Crippen LogP contribution in [0, 0.1) is 6.92 Å². The van der Waals surface area contributed by atoms with Gasteiger partial charge in [0.1, 0.15) is 10.4 Å². The van der Waals surface area contributed by atoms with Crippen molar-refractivity contribution in [3.63, 3.8) is 0 Å². The van der Waals surface area contributed by atoms with Gasteiger partial charge in [-0.2, -0.15) is 0 Å². The van der Waals surface area contributed by atoms with Gasteiger partial charge in [0.15, 0.2) is 0 Å². The van der Waals surface area contributed by atoms with E-state index in [0.29, 0.717) is 14.2 Å². The summed E-state index contributed by atoms with van der Waals surface area (Å²) < 4.78 is 1.15. The maximum atomic E-state index is 10.1. The SMILES string of the molecule is Cc1cc(C(O)c2cc(Cl)sc2Cl)cs1. The summed E-state index contributed by atoms with van der Waals surface area (Å²) in [6.45, 7) is 2.00. The second kappa shape index (κ2) is 4.44. The molecule has 0 fully saturated rings. The van der Waals surface area contributed by atoms with Crippen LogP contribution in [0.5, 0.6) is 0 Å². The van der Waals surface area contributed by atoms with Crippen molar-refractivity contribution in [1.29, 1.82) is 0 Å². The van der Waals surface area contributed by atoms with E-state index in [1.165, 1.54) is 16.2 Å². The van der Waals surface area contributed by atoms with Crippen LogP contribution >= 0.6 is 45.9 Å². The number of aliphatic hydroxyl groups excluding tert-OH is 1. The lowest BCUT2D eigenvalue weighted by Crippen LogP contribution is -1.96. The third-order valence-corrected chi connectivity index (χ3v) is 4.44. The summed E-state index contributed by atoms with van der Waals surface area (Å²) in [5, 5.41) is 12.0. The molecule has 2 aromatic rings. The summed E-state index contributed by atoms with van der Waals surface area (Å²) in [4.78, 5) is 1.17. The molecule has 1 N–H and O–H groups in total. The zero-order valence-corrected chi connectivity index (χ0v) is 11.0. The Kier molecular flexibility index (Phi) is 3.38. The van der Waals surface area contributed by atoms with Gasteiger partial charge in [-0.1, -0.05) is 23.2 Å². The lowest BCUT2D eigenvalue weighted by molar-refractivity contribution is 0.221. The molecule has 2 heterocycles. The van der Waals surface area contributed by atoms with Crippen molar-refractivity contribution in [2.75, 3.05) is 0 Å². The molecule has 1 atom stereocenters. The van der Waals surface area contributed by atoms with Crippen molar-refractivity contribution < 1.29 is 5.11 Å². The monoisotopic (exact) mass is 278 g/mol. The van der Waals surface area contributed by atoms with E-state index in [-0.39, 0.29) is 0 Å². The highest BCUT2D eigenvalue weighted by atomic mass is 35.5. The third kappa shape index (κ3) is 2.37. The first-order valence-electron chi connectivity index (χ1n) is 4.25. The third-order valence-electron chi connectivity index (χ3n) is 2.04. The molecule has 15 heavy (non-hydrogen) atoms. The van der Waals surface area contributed by atoms with E-state index in [2.05, 4.69) is 0 Å². The Hall–Kier alpha value is -0.0600. The van der Waals surface area contributed by atoms with Crippen molar-refractivity contribution in [3.05, 3.63) is 42.2 Å². The van der Waals surface area contributed by atoms with E-state index in [0.717, 1.165) is 5.56 Å². The van der Waals surface area contributed by atoms with Crippen molar-refractivity contribution in [2.24, 2.45) is 0 Å². The van der Waals surface area contributed by atoms with Gasteiger partial charge in [-0.3, -0.25) is 0 Å². The minimum atomic E-state index is -0.675. The minimum absolute atomic E-state index is 0.552. The molecule has 5 heteroatoms. The fourth-order valence-electron chi connectivity index (χ4n) is 1.33. The molecule has 0 aliphatic heterocycles. The van der Waals surface area contributed by atoms with E-state index in [9.17, 15) is 5.11 Å². The Morgan fingerprint density at radius 2 is 2.07 bits per heavy atom. The first kappa shape index (κ1) is 11.4. The van der Waals surface area contributed by atoms with E-state index < -0.39 is 6.10 Å². The fourth-order valence-corrected chi connectivity index (χ4v) is 3.57. The van der Waals surface area contributed by atoms with E-state index in [1.807, 2.05) is 18.4 Å². The highest BCUT2D eigenvalue weighted by Gasteiger charge is 2.17. The van der Waals surface area contributed by atoms with Gasteiger partial charge in [-0.25, -0.2) is 0 Å². The Bertz CT molecular complexity index is 475. The maximum Gasteiger partial charge on any atom is 0.107 e. The molecule has 0 saturated carbocycles. The van der Waals surface area contributed by atoms with Crippen LogP contribution in [0.3, 0.4) is 0 Å². The Morgan fingerprint density at radius 3 is 2.53 bits per heavy atom. The lowest BCUT2D eigenvalue weighted by Gasteiger charge is -2.06. The standard InChI is InChI=1S/C10H8Cl2OS2/c1-5-2-6(4-14-5)9(13)7-3-8(11)15-10(7)12/h2-4,9,13H,1H3. The molecule has 2 rings (SSSR count). The van der Waals surface area contributed by atoms with Gasteiger partial charge in [0.05, 0.1) is 4.34 Å². The fraction of sp³-hybridized carbons (Fsp3) is 0.200. The predicted molar refractivity (Wildman–Crippen MR) is 67.5 cm³/mol. The van der Waals surface area contributed by atoms with Crippen molar-refractivity contribution in [3.8, 4) is 0 Å². The average molecular weight is 279 g/mol. The first-order chi connectivity index (χ1) is 7.08. The number of halogens is 2. The van der Waals surface area contributed by atoms with Crippen LogP contribution in [0.4, 0.5) is 0 Å². The van der Waals surface area contributed by atoms with Crippen LogP contribution in [0.2, 0.25) is 8.67 Å². The lowest BCUT2D eigenvalue weighted by atomic mass is 10.1. The molecule has 0 saturated heterocycles. The Balaban J connectivity index is 2.35. The van der Waals surface area contributed by atoms with Crippen molar-refractivity contribution in [2.45, 2.75) is 13.0 Å². The number of hydrogen-bond acceptors (Lipinski definition) is 3. The molecule has 0 spiro atoms. The summed E-state index contributed by atoms with van der Waals surface area (Å²) in [5.74, 6) is 0. The normalized spacial score (nSPS) is 13.1. The molecular weight excluding hydrogens is 271 g/mol.